The first-order valence-corrected chi connectivity index (χ1v) is 7.38. The number of benzene rings is 1. The second-order valence-electron chi connectivity index (χ2n) is 4.53. The molecule has 1 N–H and O–H groups in total. The van der Waals surface area contributed by atoms with E-state index in [1.54, 1.807) is 0 Å². The van der Waals surface area contributed by atoms with E-state index in [-0.39, 0.29) is 24.2 Å². The topological polar surface area (TPSA) is 54.4 Å². The molecule has 0 aromatic heterocycles. The maximum atomic E-state index is 12.6. The van der Waals surface area contributed by atoms with Gasteiger partial charge in [-0.3, -0.25) is 4.55 Å². The van der Waals surface area contributed by atoms with Gasteiger partial charge in [0.2, 0.25) is 0 Å². The molecule has 0 saturated carbocycles. The van der Waals surface area contributed by atoms with Crippen LogP contribution in [-0.4, -0.2) is 25.1 Å². The lowest BCUT2D eigenvalue weighted by Gasteiger charge is -2.19. The summed E-state index contributed by atoms with van der Waals surface area (Å²) in [5, 5.41) is 0. The summed E-state index contributed by atoms with van der Waals surface area (Å²) in [5.74, 6) is -4.69. The predicted octanol–water partition coefficient (Wildman–Crippen LogP) is 3.84. The van der Waals surface area contributed by atoms with Gasteiger partial charge in [0.1, 0.15) is 0 Å². The molecular weight excluding hydrogens is 319 g/mol. The van der Waals surface area contributed by atoms with Gasteiger partial charge in [0, 0.05) is 6.42 Å². The van der Waals surface area contributed by atoms with Crippen LogP contribution in [0.2, 0.25) is 0 Å². The minimum absolute atomic E-state index is 0.108. The fourth-order valence-corrected chi connectivity index (χ4v) is 2.13. The third-order valence-corrected chi connectivity index (χ3v) is 3.71. The average molecular weight is 332 g/mol. The molecule has 0 aliphatic rings. The van der Waals surface area contributed by atoms with Crippen molar-refractivity contribution in [3.63, 3.8) is 0 Å². The van der Waals surface area contributed by atoms with Crippen LogP contribution < -0.4 is 0 Å². The molecular formula is C12H13F5O3S. The highest BCUT2D eigenvalue weighted by molar-refractivity contribution is 7.85. The fourth-order valence-electron chi connectivity index (χ4n) is 1.65. The lowest BCUT2D eigenvalue weighted by atomic mass is 10.0. The van der Waals surface area contributed by atoms with Crippen LogP contribution in [0.1, 0.15) is 24.8 Å². The zero-order chi connectivity index (χ0) is 16.3. The molecule has 0 bridgehead atoms. The molecule has 0 aliphatic heterocycles. The first kappa shape index (κ1) is 17.8. The second kappa shape index (κ2) is 6.27. The Morgan fingerprint density at radius 2 is 1.48 bits per heavy atom. The van der Waals surface area contributed by atoms with Crippen LogP contribution in [0.25, 0.3) is 0 Å². The Morgan fingerprint density at radius 3 is 1.90 bits per heavy atom. The molecule has 120 valence electrons. The highest BCUT2D eigenvalue weighted by Crippen LogP contribution is 2.39. The lowest BCUT2D eigenvalue weighted by molar-refractivity contribution is -0.284. The van der Waals surface area contributed by atoms with Crippen LogP contribution in [0.5, 0.6) is 0 Å². The molecule has 3 nitrogen and oxygen atoms in total. The van der Waals surface area contributed by atoms with Crippen molar-refractivity contribution in [2.45, 2.75) is 42.7 Å². The van der Waals surface area contributed by atoms with Gasteiger partial charge in [-0.1, -0.05) is 12.1 Å². The molecule has 0 unspecified atom stereocenters. The quantitative estimate of drug-likeness (QED) is 0.489. The predicted molar refractivity (Wildman–Crippen MR) is 64.8 cm³/mol. The van der Waals surface area contributed by atoms with E-state index in [9.17, 15) is 30.4 Å². The molecule has 0 aliphatic carbocycles. The zero-order valence-electron chi connectivity index (χ0n) is 10.7. The standard InChI is InChI=1S/C12H13F5O3S/c13-11(14,12(15,16)17)8-2-1-3-9-4-6-10(7-5-9)21(18,19)20/h4-7H,1-3,8H2,(H,18,19,20). The van der Waals surface area contributed by atoms with Crippen LogP contribution >= 0.6 is 0 Å². The van der Waals surface area contributed by atoms with E-state index in [2.05, 4.69) is 0 Å². The van der Waals surface area contributed by atoms with Crippen molar-refractivity contribution in [1.82, 2.24) is 0 Å². The molecule has 9 heteroatoms. The lowest BCUT2D eigenvalue weighted by Crippen LogP contribution is -2.36. The number of aryl methyl sites for hydroxylation is 1. The van der Waals surface area contributed by atoms with Gasteiger partial charge in [-0.2, -0.15) is 30.4 Å². The summed E-state index contributed by atoms with van der Waals surface area (Å²) < 4.78 is 91.3. The maximum Gasteiger partial charge on any atom is 0.453 e. The van der Waals surface area contributed by atoms with Crippen LogP contribution in [0.15, 0.2) is 29.2 Å². The van der Waals surface area contributed by atoms with Crippen molar-refractivity contribution in [1.29, 1.82) is 0 Å². The summed E-state index contributed by atoms with van der Waals surface area (Å²) in [6, 6.07) is 5.00. The van der Waals surface area contributed by atoms with Gasteiger partial charge in [-0.25, -0.2) is 0 Å². The molecule has 0 atom stereocenters. The molecule has 0 radical (unpaired) electrons. The minimum Gasteiger partial charge on any atom is -0.282 e. The summed E-state index contributed by atoms with van der Waals surface area (Å²) in [6.07, 6.45) is -6.78. The maximum absolute atomic E-state index is 12.6. The molecule has 1 aromatic carbocycles. The van der Waals surface area contributed by atoms with Gasteiger partial charge in [0.05, 0.1) is 4.90 Å². The Morgan fingerprint density at radius 1 is 0.952 bits per heavy atom. The van der Waals surface area contributed by atoms with E-state index < -0.39 is 28.6 Å². The molecule has 0 fully saturated rings. The number of alkyl halides is 5. The smallest absolute Gasteiger partial charge is 0.282 e. The van der Waals surface area contributed by atoms with E-state index >= 15 is 0 Å². The Balaban J connectivity index is 2.47. The number of rotatable bonds is 6. The minimum atomic E-state index is -5.54. The van der Waals surface area contributed by atoms with E-state index in [0.29, 0.717) is 5.56 Å². The average Bonchev–Trinajstić information content (AvgIpc) is 2.33. The normalized spacial score (nSPS) is 13.4. The van der Waals surface area contributed by atoms with Crippen LogP contribution in [0.3, 0.4) is 0 Å². The first-order chi connectivity index (χ1) is 9.43. The van der Waals surface area contributed by atoms with E-state index in [4.69, 9.17) is 4.55 Å². The monoisotopic (exact) mass is 332 g/mol. The molecule has 0 saturated heterocycles. The van der Waals surface area contributed by atoms with Gasteiger partial charge >= 0.3 is 12.1 Å². The van der Waals surface area contributed by atoms with Gasteiger partial charge in [-0.15, -0.1) is 0 Å². The number of hydrogen-bond donors (Lipinski definition) is 1. The number of hydrogen-bond acceptors (Lipinski definition) is 2. The Hall–Kier alpha value is -1.22. The molecule has 21 heavy (non-hydrogen) atoms. The SMILES string of the molecule is O=S(=O)(O)c1ccc(CCCCC(F)(F)C(F)(F)F)cc1. The molecule has 0 amide bonds. The van der Waals surface area contributed by atoms with Crippen molar-refractivity contribution < 1.29 is 34.9 Å². The summed E-state index contributed by atoms with van der Waals surface area (Å²) in [6.45, 7) is 0. The van der Waals surface area contributed by atoms with Crippen LogP contribution in [0, 0.1) is 0 Å². The largest absolute Gasteiger partial charge is 0.453 e. The van der Waals surface area contributed by atoms with Gasteiger partial charge < -0.3 is 0 Å². The van der Waals surface area contributed by atoms with Crippen molar-refractivity contribution in [2.75, 3.05) is 0 Å². The third kappa shape index (κ3) is 5.24. The summed E-state index contributed by atoms with van der Waals surface area (Å²) >= 11 is 0. The second-order valence-corrected chi connectivity index (χ2v) is 5.95. The summed E-state index contributed by atoms with van der Waals surface area (Å²) in [4.78, 5) is -0.310. The van der Waals surface area contributed by atoms with Crippen molar-refractivity contribution in [2.24, 2.45) is 0 Å². The summed E-state index contributed by atoms with van der Waals surface area (Å²) in [7, 11) is -4.30. The molecule has 0 heterocycles. The highest BCUT2D eigenvalue weighted by atomic mass is 32.2. The first-order valence-electron chi connectivity index (χ1n) is 5.94. The van der Waals surface area contributed by atoms with Crippen molar-refractivity contribution >= 4 is 10.1 Å². The Kier molecular flexibility index (Phi) is 5.32. The zero-order valence-corrected chi connectivity index (χ0v) is 11.5. The highest BCUT2D eigenvalue weighted by Gasteiger charge is 2.56. The number of unbranched alkanes of at least 4 members (excludes halogenated alkanes) is 1. The molecule has 0 spiro atoms. The Labute approximate surface area is 118 Å². The van der Waals surface area contributed by atoms with Gasteiger partial charge in [-0.05, 0) is 37.0 Å². The molecule has 1 rings (SSSR count). The van der Waals surface area contributed by atoms with Crippen molar-refractivity contribution in [3.05, 3.63) is 29.8 Å². The fraction of sp³-hybridized carbons (Fsp3) is 0.500. The third-order valence-electron chi connectivity index (χ3n) is 2.84. The number of halogens is 5. The van der Waals surface area contributed by atoms with E-state index in [0.717, 1.165) is 12.1 Å². The Bertz CT molecular complexity index is 564. The van der Waals surface area contributed by atoms with E-state index in [1.807, 2.05) is 0 Å². The van der Waals surface area contributed by atoms with E-state index in [1.165, 1.54) is 12.1 Å². The molecule has 1 aromatic rings. The van der Waals surface area contributed by atoms with Crippen LogP contribution in [-0.2, 0) is 16.5 Å². The van der Waals surface area contributed by atoms with Gasteiger partial charge in [0.25, 0.3) is 10.1 Å². The summed E-state index contributed by atoms with van der Waals surface area (Å²) in [5.41, 5.74) is 0.581. The van der Waals surface area contributed by atoms with Gasteiger partial charge in [0.15, 0.2) is 0 Å². The van der Waals surface area contributed by atoms with Crippen molar-refractivity contribution in [3.8, 4) is 0 Å². The van der Waals surface area contributed by atoms with Crippen LogP contribution in [0.4, 0.5) is 22.0 Å².